The molecule has 2 aromatic heterocycles. The van der Waals surface area contributed by atoms with Crippen molar-refractivity contribution < 1.29 is 14.3 Å². The number of aromatic nitrogens is 2. The summed E-state index contributed by atoms with van der Waals surface area (Å²) in [6, 6.07) is 1.90. The van der Waals surface area contributed by atoms with E-state index in [2.05, 4.69) is 30.3 Å². The summed E-state index contributed by atoms with van der Waals surface area (Å²) in [5.74, 6) is -0.836. The lowest BCUT2D eigenvalue weighted by atomic mass is 9.92. The summed E-state index contributed by atoms with van der Waals surface area (Å²) in [7, 11) is 0. The molecule has 1 N–H and O–H groups in total. The van der Waals surface area contributed by atoms with E-state index in [-0.39, 0.29) is 11.2 Å². The average molecular weight is 294 g/mol. The second-order valence-corrected chi connectivity index (χ2v) is 6.52. The van der Waals surface area contributed by atoms with E-state index in [9.17, 15) is 4.79 Å². The van der Waals surface area contributed by atoms with Crippen LogP contribution in [0.15, 0.2) is 34.4 Å². The van der Waals surface area contributed by atoms with Gasteiger partial charge in [0.25, 0.3) is 0 Å². The van der Waals surface area contributed by atoms with Gasteiger partial charge in [-0.3, -0.25) is 4.79 Å². The van der Waals surface area contributed by atoms with Gasteiger partial charge in [-0.15, -0.1) is 0 Å². The molecule has 0 saturated heterocycles. The van der Waals surface area contributed by atoms with Crippen molar-refractivity contribution in [2.24, 2.45) is 0 Å². The zero-order chi connectivity index (χ0) is 14.8. The first-order chi connectivity index (χ1) is 9.38. The van der Waals surface area contributed by atoms with Crippen molar-refractivity contribution in [3.63, 3.8) is 0 Å². The lowest BCUT2D eigenvalue weighted by molar-refractivity contribution is -0.133. The molecule has 0 radical (unpaired) electrons. The van der Waals surface area contributed by atoms with E-state index in [1.807, 2.05) is 12.3 Å². The van der Waals surface area contributed by atoms with Crippen LogP contribution in [-0.4, -0.2) is 26.4 Å². The van der Waals surface area contributed by atoms with Crippen LogP contribution in [0.3, 0.4) is 0 Å². The van der Waals surface area contributed by atoms with Gasteiger partial charge < -0.3 is 14.1 Å². The van der Waals surface area contributed by atoms with Gasteiger partial charge >= 0.3 is 5.97 Å². The number of rotatable bonds is 5. The molecule has 0 aromatic carbocycles. The predicted molar refractivity (Wildman–Crippen MR) is 77.1 cm³/mol. The Balaban J connectivity index is 2.32. The third-order valence-electron chi connectivity index (χ3n) is 2.83. The summed E-state index contributed by atoms with van der Waals surface area (Å²) < 4.78 is 7.15. The van der Waals surface area contributed by atoms with Crippen LogP contribution in [0.2, 0.25) is 0 Å². The third-order valence-corrected chi connectivity index (χ3v) is 3.81. The summed E-state index contributed by atoms with van der Waals surface area (Å²) >= 11 is 1.24. The first kappa shape index (κ1) is 14.7. The number of furan rings is 1. The number of thioether (sulfide) groups is 1. The van der Waals surface area contributed by atoms with Gasteiger partial charge in [0.15, 0.2) is 5.16 Å². The van der Waals surface area contributed by atoms with E-state index in [0.717, 1.165) is 16.4 Å². The minimum atomic E-state index is -0.842. The van der Waals surface area contributed by atoms with Gasteiger partial charge in [-0.1, -0.05) is 32.5 Å². The molecule has 2 aromatic rings. The Morgan fingerprint density at radius 2 is 2.25 bits per heavy atom. The maximum Gasteiger partial charge on any atom is 0.313 e. The van der Waals surface area contributed by atoms with Crippen LogP contribution < -0.4 is 0 Å². The van der Waals surface area contributed by atoms with E-state index in [0.29, 0.717) is 6.54 Å². The molecule has 0 saturated carbocycles. The largest absolute Gasteiger partial charge is 0.481 e. The van der Waals surface area contributed by atoms with Crippen molar-refractivity contribution in [3.05, 3.63) is 36.0 Å². The Hall–Kier alpha value is -1.69. The van der Waals surface area contributed by atoms with Crippen LogP contribution in [0.4, 0.5) is 0 Å². The molecule has 0 atom stereocenters. The highest BCUT2D eigenvalue weighted by molar-refractivity contribution is 7.99. The second kappa shape index (κ2) is 5.75. The number of carboxylic acid groups (broad SMARTS) is 1. The number of imidazole rings is 1. The molecule has 108 valence electrons. The van der Waals surface area contributed by atoms with E-state index < -0.39 is 5.97 Å². The fourth-order valence-corrected chi connectivity index (χ4v) is 2.62. The summed E-state index contributed by atoms with van der Waals surface area (Å²) in [5, 5.41) is 9.54. The zero-order valence-electron chi connectivity index (χ0n) is 11.8. The van der Waals surface area contributed by atoms with E-state index in [1.54, 1.807) is 12.5 Å². The number of carbonyl (C=O) groups is 1. The molecule has 0 spiro atoms. The van der Waals surface area contributed by atoms with Crippen molar-refractivity contribution in [2.45, 2.75) is 37.9 Å². The number of nitrogens with zero attached hydrogens (tertiary/aromatic N) is 2. The molecular formula is C14H18N2O3S. The monoisotopic (exact) mass is 294 g/mol. The van der Waals surface area contributed by atoms with Gasteiger partial charge in [-0.25, -0.2) is 4.98 Å². The Labute approximate surface area is 122 Å². The highest BCUT2D eigenvalue weighted by Crippen LogP contribution is 2.28. The highest BCUT2D eigenvalue weighted by Gasteiger charge is 2.22. The Bertz CT molecular complexity index is 582. The van der Waals surface area contributed by atoms with E-state index >= 15 is 0 Å². The fraction of sp³-hybridized carbons (Fsp3) is 0.429. The molecule has 0 fully saturated rings. The molecule has 0 aliphatic carbocycles. The smallest absolute Gasteiger partial charge is 0.313 e. The maximum absolute atomic E-state index is 10.7. The quantitative estimate of drug-likeness (QED) is 0.859. The molecule has 20 heavy (non-hydrogen) atoms. The molecule has 2 rings (SSSR count). The van der Waals surface area contributed by atoms with Gasteiger partial charge in [0.05, 0.1) is 24.8 Å². The first-order valence-electron chi connectivity index (χ1n) is 6.29. The normalized spacial score (nSPS) is 11.8. The van der Waals surface area contributed by atoms with Crippen LogP contribution in [0.5, 0.6) is 0 Å². The van der Waals surface area contributed by atoms with Crippen LogP contribution in [0, 0.1) is 0 Å². The molecule has 0 unspecified atom stereocenters. The van der Waals surface area contributed by atoms with Crippen molar-refractivity contribution in [3.8, 4) is 0 Å². The topological polar surface area (TPSA) is 68.3 Å². The van der Waals surface area contributed by atoms with E-state index in [1.165, 1.54) is 11.8 Å². The number of hydrogen-bond acceptors (Lipinski definition) is 4. The van der Waals surface area contributed by atoms with Gasteiger partial charge in [0.2, 0.25) is 0 Å². The zero-order valence-corrected chi connectivity index (χ0v) is 12.6. The Morgan fingerprint density at radius 1 is 1.50 bits per heavy atom. The van der Waals surface area contributed by atoms with Crippen LogP contribution in [-0.2, 0) is 16.8 Å². The number of aliphatic carboxylic acids is 1. The van der Waals surface area contributed by atoms with Gasteiger partial charge in [-0.2, -0.15) is 0 Å². The summed E-state index contributed by atoms with van der Waals surface area (Å²) in [6.07, 6.45) is 5.15. The second-order valence-electron chi connectivity index (χ2n) is 5.58. The molecule has 5 nitrogen and oxygen atoms in total. The van der Waals surface area contributed by atoms with Gasteiger partial charge in [-0.05, 0) is 6.07 Å². The number of hydrogen-bond donors (Lipinski definition) is 1. The van der Waals surface area contributed by atoms with Crippen molar-refractivity contribution >= 4 is 17.7 Å². The maximum atomic E-state index is 10.7. The number of carboxylic acids is 1. The minimum absolute atomic E-state index is 0.00594. The lowest BCUT2D eigenvalue weighted by Gasteiger charge is -2.21. The molecule has 0 aliphatic rings. The fourth-order valence-electron chi connectivity index (χ4n) is 1.92. The van der Waals surface area contributed by atoms with Crippen LogP contribution in [0.25, 0.3) is 0 Å². The van der Waals surface area contributed by atoms with Crippen molar-refractivity contribution in [1.82, 2.24) is 9.55 Å². The summed E-state index contributed by atoms with van der Waals surface area (Å²) in [5.41, 5.74) is 2.05. The minimum Gasteiger partial charge on any atom is -0.481 e. The van der Waals surface area contributed by atoms with Crippen LogP contribution in [0.1, 0.15) is 32.0 Å². The van der Waals surface area contributed by atoms with Crippen molar-refractivity contribution in [1.29, 1.82) is 0 Å². The first-order valence-corrected chi connectivity index (χ1v) is 7.28. The van der Waals surface area contributed by atoms with Crippen LogP contribution >= 0.6 is 11.8 Å². The third kappa shape index (κ3) is 3.45. The Kier molecular flexibility index (Phi) is 4.23. The highest BCUT2D eigenvalue weighted by atomic mass is 32.2. The predicted octanol–water partition coefficient (Wildman–Crippen LogP) is 3.00. The van der Waals surface area contributed by atoms with Gasteiger partial charge in [0.1, 0.15) is 0 Å². The average Bonchev–Trinajstić information content (AvgIpc) is 2.95. The summed E-state index contributed by atoms with van der Waals surface area (Å²) in [6.45, 7) is 6.97. The molecule has 0 aliphatic heterocycles. The SMILES string of the molecule is CC(C)(C)c1cnc(SCC(=O)O)n1Cc1ccoc1. The lowest BCUT2D eigenvalue weighted by Crippen LogP contribution is -2.18. The standard InChI is InChI=1S/C14H18N2O3S/c1-14(2,3)11-6-15-13(20-9-12(17)18)16(11)7-10-4-5-19-8-10/h4-6,8H,7,9H2,1-3H3,(H,17,18). The molecule has 0 bridgehead atoms. The molecule has 0 amide bonds. The molecule has 2 heterocycles. The van der Waals surface area contributed by atoms with E-state index in [4.69, 9.17) is 9.52 Å². The summed E-state index contributed by atoms with van der Waals surface area (Å²) in [4.78, 5) is 15.1. The molecular weight excluding hydrogens is 276 g/mol. The van der Waals surface area contributed by atoms with Gasteiger partial charge in [0, 0.05) is 22.9 Å². The molecule has 6 heteroatoms. The Morgan fingerprint density at radius 3 is 2.80 bits per heavy atom. The van der Waals surface area contributed by atoms with Crippen molar-refractivity contribution in [2.75, 3.05) is 5.75 Å².